The molecule has 4 nitrogen and oxygen atoms in total. The van der Waals surface area contributed by atoms with Crippen LogP contribution in [-0.4, -0.2) is 53.9 Å². The van der Waals surface area contributed by atoms with E-state index in [-0.39, 0.29) is 17.3 Å². The van der Waals surface area contributed by atoms with Crippen molar-refractivity contribution < 1.29 is 9.90 Å². The second kappa shape index (κ2) is 7.81. The molecular formula is C16H24N2O2S2. The Morgan fingerprint density at radius 1 is 1.41 bits per heavy atom. The number of hydrogen-bond acceptors (Lipinski definition) is 5. The number of nitrogens with zero attached hydrogens (tertiary/aromatic N) is 1. The first kappa shape index (κ1) is 16.3. The van der Waals surface area contributed by atoms with Gasteiger partial charge in [-0.25, -0.2) is 0 Å². The van der Waals surface area contributed by atoms with Crippen molar-refractivity contribution in [3.63, 3.8) is 0 Å². The summed E-state index contributed by atoms with van der Waals surface area (Å²) in [6.07, 6.45) is 3.73. The fourth-order valence-electron chi connectivity index (χ4n) is 3.11. The molecule has 3 rings (SSSR count). The second-order valence-corrected chi connectivity index (χ2v) is 8.23. The predicted molar refractivity (Wildman–Crippen MR) is 92.5 cm³/mol. The van der Waals surface area contributed by atoms with E-state index in [1.807, 2.05) is 0 Å². The lowest BCUT2D eigenvalue weighted by Crippen LogP contribution is -2.38. The van der Waals surface area contributed by atoms with Gasteiger partial charge in [-0.1, -0.05) is 0 Å². The summed E-state index contributed by atoms with van der Waals surface area (Å²) < 4.78 is 0. The van der Waals surface area contributed by atoms with Crippen LogP contribution in [0.4, 0.5) is 0 Å². The smallest absolute Gasteiger partial charge is 0.237 e. The molecule has 1 atom stereocenters. The minimum Gasteiger partial charge on any atom is -0.393 e. The zero-order valence-corrected chi connectivity index (χ0v) is 14.4. The van der Waals surface area contributed by atoms with E-state index in [4.69, 9.17) is 0 Å². The lowest BCUT2D eigenvalue weighted by molar-refractivity contribution is -0.120. The highest BCUT2D eigenvalue weighted by atomic mass is 32.2. The van der Waals surface area contributed by atoms with Gasteiger partial charge in [-0.3, -0.25) is 4.79 Å². The molecule has 2 aliphatic heterocycles. The summed E-state index contributed by atoms with van der Waals surface area (Å²) in [5.41, 5.74) is 1.23. The molecule has 6 heteroatoms. The molecule has 1 amide bonds. The summed E-state index contributed by atoms with van der Waals surface area (Å²) in [4.78, 5) is 16.1. The van der Waals surface area contributed by atoms with Crippen LogP contribution in [0.1, 0.15) is 35.0 Å². The maximum atomic E-state index is 12.4. The van der Waals surface area contributed by atoms with Gasteiger partial charge in [-0.05, 0) is 55.0 Å². The Morgan fingerprint density at radius 2 is 2.23 bits per heavy atom. The van der Waals surface area contributed by atoms with Gasteiger partial charge in [0, 0.05) is 24.5 Å². The highest BCUT2D eigenvalue weighted by molar-refractivity contribution is 8.00. The maximum absolute atomic E-state index is 12.4. The van der Waals surface area contributed by atoms with Crippen LogP contribution in [0.2, 0.25) is 0 Å². The Labute approximate surface area is 140 Å². The lowest BCUT2D eigenvalue weighted by Gasteiger charge is -2.29. The molecule has 0 spiro atoms. The van der Waals surface area contributed by atoms with Gasteiger partial charge in [-0.2, -0.15) is 0 Å². The number of fused-ring (bicyclic) bond motifs is 1. The van der Waals surface area contributed by atoms with Gasteiger partial charge in [0.25, 0.3) is 0 Å². The van der Waals surface area contributed by atoms with Gasteiger partial charge in [-0.15, -0.1) is 23.1 Å². The van der Waals surface area contributed by atoms with E-state index in [2.05, 4.69) is 21.7 Å². The van der Waals surface area contributed by atoms with Crippen molar-refractivity contribution in [3.8, 4) is 0 Å². The fraction of sp³-hybridized carbons (Fsp3) is 0.688. The zero-order chi connectivity index (χ0) is 15.4. The molecule has 0 aromatic carbocycles. The fourth-order valence-corrected chi connectivity index (χ4v) is 5.43. The van der Waals surface area contributed by atoms with Gasteiger partial charge >= 0.3 is 0 Å². The van der Waals surface area contributed by atoms with E-state index < -0.39 is 0 Å². The summed E-state index contributed by atoms with van der Waals surface area (Å²) in [7, 11) is 0. The number of thiophene rings is 1. The third-order valence-electron chi connectivity index (χ3n) is 4.42. The Morgan fingerprint density at radius 3 is 3.05 bits per heavy atom. The Kier molecular flexibility index (Phi) is 5.79. The van der Waals surface area contributed by atoms with E-state index in [0.717, 1.165) is 57.6 Å². The minimum absolute atomic E-state index is 0.0138. The average molecular weight is 341 g/mol. The monoisotopic (exact) mass is 340 g/mol. The van der Waals surface area contributed by atoms with E-state index >= 15 is 0 Å². The summed E-state index contributed by atoms with van der Waals surface area (Å²) in [6, 6.07) is 2.11. The van der Waals surface area contributed by atoms with Gasteiger partial charge in [0.2, 0.25) is 5.91 Å². The number of carbonyl (C=O) groups is 1. The highest BCUT2D eigenvalue weighted by Gasteiger charge is 2.27. The molecule has 2 aliphatic rings. The van der Waals surface area contributed by atoms with Crippen LogP contribution in [0.15, 0.2) is 11.4 Å². The number of hydrogen-bond donors (Lipinski definition) is 2. The molecule has 1 aromatic heterocycles. The van der Waals surface area contributed by atoms with Crippen LogP contribution in [-0.2, 0) is 11.2 Å². The van der Waals surface area contributed by atoms with E-state index in [1.54, 1.807) is 23.1 Å². The first-order chi connectivity index (χ1) is 10.7. The van der Waals surface area contributed by atoms with Crippen molar-refractivity contribution in [2.75, 3.05) is 31.9 Å². The molecule has 0 radical (unpaired) electrons. The minimum atomic E-state index is -0.112. The first-order valence-corrected chi connectivity index (χ1v) is 10.0. The molecule has 1 fully saturated rings. The predicted octanol–water partition coefficient (Wildman–Crippen LogP) is 2.04. The SMILES string of the molecule is O=C(NCCCN1CCC(O)CC1)C1SCCc2sccc21. The van der Waals surface area contributed by atoms with Crippen LogP contribution in [0.3, 0.4) is 0 Å². The first-order valence-electron chi connectivity index (χ1n) is 8.10. The summed E-state index contributed by atoms with van der Waals surface area (Å²) in [6.45, 7) is 3.71. The second-order valence-electron chi connectivity index (χ2n) is 6.02. The van der Waals surface area contributed by atoms with Crippen molar-refractivity contribution in [3.05, 3.63) is 21.9 Å². The topological polar surface area (TPSA) is 52.6 Å². The van der Waals surface area contributed by atoms with Gasteiger partial charge < -0.3 is 15.3 Å². The molecule has 122 valence electrons. The number of aryl methyl sites for hydroxylation is 1. The van der Waals surface area contributed by atoms with Crippen LogP contribution < -0.4 is 5.32 Å². The molecule has 1 aromatic rings. The largest absolute Gasteiger partial charge is 0.393 e. The lowest BCUT2D eigenvalue weighted by atomic mass is 10.1. The van der Waals surface area contributed by atoms with Crippen LogP contribution in [0.5, 0.6) is 0 Å². The number of amides is 1. The number of piperidine rings is 1. The van der Waals surface area contributed by atoms with E-state index in [9.17, 15) is 9.90 Å². The molecule has 2 N–H and O–H groups in total. The molecule has 0 bridgehead atoms. The third-order valence-corrected chi connectivity index (χ3v) is 6.66. The standard InChI is InChI=1S/C16H24N2O2S2/c19-12-2-8-18(9-3-12)7-1-6-17-16(20)15-13-4-10-21-14(13)5-11-22-15/h4,10,12,15,19H,1-3,5-9,11H2,(H,17,20). The zero-order valence-electron chi connectivity index (χ0n) is 12.8. The maximum Gasteiger partial charge on any atom is 0.237 e. The Balaban J connectivity index is 1.38. The molecule has 1 unspecified atom stereocenters. The average Bonchev–Trinajstić information content (AvgIpc) is 3.01. The van der Waals surface area contributed by atoms with Crippen LogP contribution in [0.25, 0.3) is 0 Å². The number of carbonyl (C=O) groups excluding carboxylic acids is 1. The highest BCUT2D eigenvalue weighted by Crippen LogP contribution is 2.39. The summed E-state index contributed by atoms with van der Waals surface area (Å²) in [5, 5.41) is 14.7. The third kappa shape index (κ3) is 4.04. The van der Waals surface area contributed by atoms with Crippen LogP contribution in [0, 0.1) is 0 Å². The van der Waals surface area contributed by atoms with E-state index in [1.165, 1.54) is 10.4 Å². The van der Waals surface area contributed by atoms with Crippen LogP contribution >= 0.6 is 23.1 Å². The number of thioether (sulfide) groups is 1. The van der Waals surface area contributed by atoms with Gasteiger partial charge in [0.1, 0.15) is 5.25 Å². The summed E-state index contributed by atoms with van der Waals surface area (Å²) in [5.74, 6) is 1.21. The van der Waals surface area contributed by atoms with Gasteiger partial charge in [0.05, 0.1) is 6.10 Å². The molecule has 22 heavy (non-hydrogen) atoms. The van der Waals surface area contributed by atoms with Crippen molar-refractivity contribution in [2.24, 2.45) is 0 Å². The summed E-state index contributed by atoms with van der Waals surface area (Å²) >= 11 is 3.53. The van der Waals surface area contributed by atoms with Crippen molar-refractivity contribution in [1.29, 1.82) is 0 Å². The molecule has 0 saturated carbocycles. The van der Waals surface area contributed by atoms with E-state index in [0.29, 0.717) is 0 Å². The molecular weight excluding hydrogens is 316 g/mol. The molecule has 0 aliphatic carbocycles. The van der Waals surface area contributed by atoms with Gasteiger partial charge in [0.15, 0.2) is 0 Å². The number of rotatable bonds is 5. The van der Waals surface area contributed by atoms with Crippen molar-refractivity contribution >= 4 is 29.0 Å². The number of nitrogens with one attached hydrogen (secondary N) is 1. The number of likely N-dealkylation sites (tertiary alicyclic amines) is 1. The van der Waals surface area contributed by atoms with Crippen molar-refractivity contribution in [2.45, 2.75) is 37.0 Å². The number of aliphatic hydroxyl groups excluding tert-OH is 1. The normalized spacial score (nSPS) is 23.2. The quantitative estimate of drug-likeness (QED) is 0.806. The molecule has 3 heterocycles. The van der Waals surface area contributed by atoms with Crippen molar-refractivity contribution in [1.82, 2.24) is 10.2 Å². The Hall–Kier alpha value is -0.560. The Bertz CT molecular complexity index is 498. The number of aliphatic hydroxyl groups is 1. The molecule has 1 saturated heterocycles.